The van der Waals surface area contributed by atoms with E-state index in [1.165, 1.54) is 5.56 Å². The van der Waals surface area contributed by atoms with Crippen molar-refractivity contribution < 1.29 is 0 Å². The van der Waals surface area contributed by atoms with Gasteiger partial charge in [0.25, 0.3) is 0 Å². The molecule has 0 fully saturated rings. The number of nitrogens with zero attached hydrogens (tertiary/aromatic N) is 2. The second-order valence-electron chi connectivity index (χ2n) is 4.65. The molecule has 0 bridgehead atoms. The van der Waals surface area contributed by atoms with Gasteiger partial charge in [-0.3, -0.25) is 4.68 Å². The molecule has 0 aliphatic carbocycles. The molecule has 1 atom stereocenters. The van der Waals surface area contributed by atoms with Crippen LogP contribution in [0.4, 0.5) is 0 Å². The zero-order valence-corrected chi connectivity index (χ0v) is 12.6. The van der Waals surface area contributed by atoms with E-state index in [2.05, 4.69) is 31.2 Å². The van der Waals surface area contributed by atoms with Crippen LogP contribution in [-0.2, 0) is 13.6 Å². The lowest BCUT2D eigenvalue weighted by Gasteiger charge is -2.33. The summed E-state index contributed by atoms with van der Waals surface area (Å²) in [6, 6.07) is 0. The monoisotopic (exact) mass is 282 g/mol. The van der Waals surface area contributed by atoms with Crippen LogP contribution in [0.1, 0.15) is 26.3 Å². The standard InChI is InChI=1S/C11H22N4.2ClH/c1-9(2)11(3,8-12)13-5-10-6-14-15(4)7-10;;/h6-7,9,13H,5,8,12H2,1-4H3;2*1H. The van der Waals surface area contributed by atoms with Crippen molar-refractivity contribution in [3.8, 4) is 0 Å². The second-order valence-corrected chi connectivity index (χ2v) is 4.65. The van der Waals surface area contributed by atoms with E-state index >= 15 is 0 Å². The molecule has 0 aliphatic rings. The summed E-state index contributed by atoms with van der Waals surface area (Å²) in [6.45, 7) is 7.99. The summed E-state index contributed by atoms with van der Waals surface area (Å²) in [4.78, 5) is 0. The van der Waals surface area contributed by atoms with Crippen molar-refractivity contribution in [3.05, 3.63) is 18.0 Å². The topological polar surface area (TPSA) is 55.9 Å². The van der Waals surface area contributed by atoms with Gasteiger partial charge in [0, 0.05) is 37.4 Å². The Hall–Kier alpha value is -0.290. The Kier molecular flexibility index (Phi) is 8.89. The Balaban J connectivity index is 0. The molecule has 1 unspecified atom stereocenters. The van der Waals surface area contributed by atoms with Gasteiger partial charge in [-0.05, 0) is 12.8 Å². The highest BCUT2D eigenvalue weighted by molar-refractivity contribution is 5.85. The summed E-state index contributed by atoms with van der Waals surface area (Å²) in [6.07, 6.45) is 3.90. The minimum absolute atomic E-state index is 0. The summed E-state index contributed by atoms with van der Waals surface area (Å²) >= 11 is 0. The molecule has 17 heavy (non-hydrogen) atoms. The Morgan fingerprint density at radius 3 is 2.41 bits per heavy atom. The summed E-state index contributed by atoms with van der Waals surface area (Å²) in [5, 5.41) is 7.63. The van der Waals surface area contributed by atoms with E-state index < -0.39 is 0 Å². The molecule has 4 nitrogen and oxygen atoms in total. The molecule has 1 rings (SSSR count). The number of aryl methyl sites for hydroxylation is 1. The number of hydrogen-bond donors (Lipinski definition) is 2. The number of nitrogens with two attached hydrogens (primary N) is 1. The second kappa shape index (κ2) is 7.93. The molecule has 0 saturated heterocycles. The van der Waals surface area contributed by atoms with E-state index in [-0.39, 0.29) is 30.4 Å². The highest BCUT2D eigenvalue weighted by Gasteiger charge is 2.25. The first-order valence-corrected chi connectivity index (χ1v) is 5.40. The highest BCUT2D eigenvalue weighted by Crippen LogP contribution is 2.15. The van der Waals surface area contributed by atoms with Crippen LogP contribution in [-0.4, -0.2) is 21.9 Å². The minimum Gasteiger partial charge on any atom is -0.329 e. The smallest absolute Gasteiger partial charge is 0.0534 e. The lowest BCUT2D eigenvalue weighted by molar-refractivity contribution is 0.267. The molecular weight excluding hydrogens is 259 g/mol. The normalized spacial score (nSPS) is 13.8. The lowest BCUT2D eigenvalue weighted by Crippen LogP contribution is -2.52. The molecule has 1 heterocycles. The first-order valence-electron chi connectivity index (χ1n) is 5.40. The molecule has 0 spiro atoms. The van der Waals surface area contributed by atoms with Gasteiger partial charge in [-0.15, -0.1) is 24.8 Å². The molecular formula is C11H24Cl2N4. The van der Waals surface area contributed by atoms with Gasteiger partial charge in [-0.2, -0.15) is 5.10 Å². The van der Waals surface area contributed by atoms with Crippen molar-refractivity contribution in [1.29, 1.82) is 0 Å². The van der Waals surface area contributed by atoms with E-state index in [0.29, 0.717) is 12.5 Å². The average Bonchev–Trinajstić information content (AvgIpc) is 2.60. The molecule has 102 valence electrons. The highest BCUT2D eigenvalue weighted by atomic mass is 35.5. The number of rotatable bonds is 5. The van der Waals surface area contributed by atoms with Gasteiger partial charge >= 0.3 is 0 Å². The van der Waals surface area contributed by atoms with E-state index in [0.717, 1.165) is 6.54 Å². The number of nitrogens with one attached hydrogen (secondary N) is 1. The molecule has 1 aromatic heterocycles. The van der Waals surface area contributed by atoms with Crippen LogP contribution in [0.15, 0.2) is 12.4 Å². The number of hydrogen-bond acceptors (Lipinski definition) is 3. The zero-order chi connectivity index (χ0) is 11.5. The largest absolute Gasteiger partial charge is 0.329 e. The average molecular weight is 283 g/mol. The van der Waals surface area contributed by atoms with Gasteiger partial charge in [-0.1, -0.05) is 13.8 Å². The Bertz CT molecular complexity index is 314. The van der Waals surface area contributed by atoms with Gasteiger partial charge in [0.15, 0.2) is 0 Å². The lowest BCUT2D eigenvalue weighted by atomic mass is 9.88. The van der Waals surface area contributed by atoms with Crippen molar-refractivity contribution in [3.63, 3.8) is 0 Å². The Labute approximate surface area is 116 Å². The van der Waals surface area contributed by atoms with Crippen LogP contribution in [0, 0.1) is 5.92 Å². The van der Waals surface area contributed by atoms with Crippen molar-refractivity contribution in [2.45, 2.75) is 32.9 Å². The SMILES string of the molecule is CC(C)C(C)(CN)NCc1cnn(C)c1.Cl.Cl. The van der Waals surface area contributed by atoms with Gasteiger partial charge in [-0.25, -0.2) is 0 Å². The summed E-state index contributed by atoms with van der Waals surface area (Å²) < 4.78 is 1.81. The molecule has 3 N–H and O–H groups in total. The van der Waals surface area contributed by atoms with Crippen molar-refractivity contribution >= 4 is 24.8 Å². The van der Waals surface area contributed by atoms with Gasteiger partial charge in [0.05, 0.1) is 6.20 Å². The third-order valence-electron chi connectivity index (χ3n) is 3.15. The molecule has 0 aromatic carbocycles. The fourth-order valence-electron chi connectivity index (χ4n) is 1.38. The van der Waals surface area contributed by atoms with Crippen LogP contribution >= 0.6 is 24.8 Å². The van der Waals surface area contributed by atoms with E-state index in [9.17, 15) is 0 Å². The zero-order valence-electron chi connectivity index (χ0n) is 10.9. The van der Waals surface area contributed by atoms with E-state index in [1.807, 2.05) is 24.1 Å². The number of aromatic nitrogens is 2. The predicted molar refractivity (Wildman–Crippen MR) is 76.8 cm³/mol. The van der Waals surface area contributed by atoms with Crippen LogP contribution in [0.2, 0.25) is 0 Å². The molecule has 0 saturated carbocycles. The maximum atomic E-state index is 5.79. The minimum atomic E-state index is -0.00413. The summed E-state index contributed by atoms with van der Waals surface area (Å²) in [5.41, 5.74) is 6.98. The molecule has 1 aromatic rings. The molecule has 0 radical (unpaired) electrons. The molecule has 0 aliphatic heterocycles. The van der Waals surface area contributed by atoms with Crippen LogP contribution in [0.5, 0.6) is 0 Å². The Morgan fingerprint density at radius 1 is 1.47 bits per heavy atom. The van der Waals surface area contributed by atoms with Crippen LogP contribution in [0.3, 0.4) is 0 Å². The van der Waals surface area contributed by atoms with E-state index in [4.69, 9.17) is 5.73 Å². The van der Waals surface area contributed by atoms with Crippen molar-refractivity contribution in [1.82, 2.24) is 15.1 Å². The van der Waals surface area contributed by atoms with Crippen molar-refractivity contribution in [2.75, 3.05) is 6.54 Å². The fourth-order valence-corrected chi connectivity index (χ4v) is 1.38. The third kappa shape index (κ3) is 5.25. The fraction of sp³-hybridized carbons (Fsp3) is 0.727. The summed E-state index contributed by atoms with van der Waals surface area (Å²) in [7, 11) is 1.92. The first-order chi connectivity index (χ1) is 6.98. The van der Waals surface area contributed by atoms with Gasteiger partial charge in [0.2, 0.25) is 0 Å². The summed E-state index contributed by atoms with van der Waals surface area (Å²) in [5.74, 6) is 0.513. The van der Waals surface area contributed by atoms with Crippen LogP contribution in [0.25, 0.3) is 0 Å². The quantitative estimate of drug-likeness (QED) is 0.865. The van der Waals surface area contributed by atoms with Gasteiger partial charge < -0.3 is 11.1 Å². The Morgan fingerprint density at radius 2 is 2.06 bits per heavy atom. The predicted octanol–water partition coefficient (Wildman–Crippen LogP) is 1.73. The molecule has 0 amide bonds. The van der Waals surface area contributed by atoms with E-state index in [1.54, 1.807) is 0 Å². The first kappa shape index (κ1) is 19.1. The maximum absolute atomic E-state index is 5.79. The van der Waals surface area contributed by atoms with Crippen molar-refractivity contribution in [2.24, 2.45) is 18.7 Å². The maximum Gasteiger partial charge on any atom is 0.0534 e. The molecule has 6 heteroatoms. The third-order valence-corrected chi connectivity index (χ3v) is 3.15. The van der Waals surface area contributed by atoms with Crippen LogP contribution < -0.4 is 11.1 Å². The van der Waals surface area contributed by atoms with Gasteiger partial charge in [0.1, 0.15) is 0 Å². The number of halogens is 2.